The predicted octanol–water partition coefficient (Wildman–Crippen LogP) is 1.71. The van der Waals surface area contributed by atoms with Gasteiger partial charge in [0.15, 0.2) is 0 Å². The molecule has 2 atom stereocenters. The van der Waals surface area contributed by atoms with Crippen molar-refractivity contribution in [3.05, 3.63) is 11.4 Å². The van der Waals surface area contributed by atoms with Gasteiger partial charge in [0.1, 0.15) is 5.69 Å². The first-order chi connectivity index (χ1) is 8.47. The molecule has 100 valence electrons. The van der Waals surface area contributed by atoms with E-state index in [9.17, 15) is 4.79 Å². The Morgan fingerprint density at radius 3 is 2.67 bits per heavy atom. The van der Waals surface area contributed by atoms with Gasteiger partial charge >= 0.3 is 0 Å². The first kappa shape index (κ1) is 12.9. The number of carbonyl (C=O) groups excluding carboxylic acids is 1. The zero-order chi connectivity index (χ0) is 13.4. The minimum absolute atomic E-state index is 0.0208. The lowest BCUT2D eigenvalue weighted by atomic mass is 10.1. The highest BCUT2D eigenvalue weighted by Crippen LogP contribution is 2.29. The van der Waals surface area contributed by atoms with Gasteiger partial charge in [0.25, 0.3) is 5.91 Å². The lowest BCUT2D eigenvalue weighted by Crippen LogP contribution is -2.40. The van der Waals surface area contributed by atoms with Crippen LogP contribution in [0.4, 0.5) is 5.69 Å². The Balaban J connectivity index is 2.36. The van der Waals surface area contributed by atoms with Crippen LogP contribution >= 0.6 is 0 Å². The predicted molar refractivity (Wildman–Crippen MR) is 71.3 cm³/mol. The van der Waals surface area contributed by atoms with E-state index in [1.54, 1.807) is 11.7 Å². The third kappa shape index (κ3) is 1.87. The van der Waals surface area contributed by atoms with Gasteiger partial charge in [-0.05, 0) is 33.1 Å². The Kier molecular flexibility index (Phi) is 3.32. The Labute approximate surface area is 108 Å². The SMILES string of the molecule is CCC1CCC(C)N1C(=O)c1c(N)c(C)nn1C. The number of anilines is 1. The Morgan fingerprint density at radius 2 is 2.17 bits per heavy atom. The van der Waals surface area contributed by atoms with E-state index in [1.165, 1.54) is 0 Å². The zero-order valence-corrected chi connectivity index (χ0v) is 11.6. The molecule has 1 aromatic rings. The molecule has 1 aliphatic heterocycles. The molecule has 2 N–H and O–H groups in total. The third-order valence-corrected chi connectivity index (χ3v) is 3.96. The highest BCUT2D eigenvalue weighted by molar-refractivity contribution is 5.98. The molecule has 0 radical (unpaired) electrons. The smallest absolute Gasteiger partial charge is 0.274 e. The highest BCUT2D eigenvalue weighted by atomic mass is 16.2. The van der Waals surface area contributed by atoms with E-state index in [4.69, 9.17) is 5.73 Å². The van der Waals surface area contributed by atoms with Crippen molar-refractivity contribution >= 4 is 11.6 Å². The number of aromatic nitrogens is 2. The number of nitrogens with zero attached hydrogens (tertiary/aromatic N) is 3. The summed E-state index contributed by atoms with van der Waals surface area (Å²) >= 11 is 0. The second-order valence-electron chi connectivity index (χ2n) is 5.17. The molecule has 2 heterocycles. The molecule has 0 saturated carbocycles. The average molecular weight is 250 g/mol. The van der Waals surface area contributed by atoms with Gasteiger partial charge < -0.3 is 10.6 Å². The van der Waals surface area contributed by atoms with E-state index in [2.05, 4.69) is 18.9 Å². The molecule has 18 heavy (non-hydrogen) atoms. The Bertz CT molecular complexity index is 466. The molecule has 0 aliphatic carbocycles. The quantitative estimate of drug-likeness (QED) is 0.869. The number of amides is 1. The van der Waals surface area contributed by atoms with Crippen molar-refractivity contribution in [3.8, 4) is 0 Å². The number of hydrogen-bond donors (Lipinski definition) is 1. The molecular formula is C13H22N4O. The van der Waals surface area contributed by atoms with Crippen LogP contribution in [-0.2, 0) is 7.05 Å². The molecule has 1 amide bonds. The van der Waals surface area contributed by atoms with E-state index in [0.29, 0.717) is 17.4 Å². The maximum absolute atomic E-state index is 12.7. The van der Waals surface area contributed by atoms with Crippen LogP contribution in [0.2, 0.25) is 0 Å². The topological polar surface area (TPSA) is 64.2 Å². The fourth-order valence-corrected chi connectivity index (χ4v) is 2.89. The number of nitrogens with two attached hydrogens (primary N) is 1. The first-order valence-corrected chi connectivity index (χ1v) is 6.59. The van der Waals surface area contributed by atoms with Gasteiger partial charge in [-0.1, -0.05) is 6.92 Å². The van der Waals surface area contributed by atoms with Crippen molar-refractivity contribution in [2.24, 2.45) is 7.05 Å². The maximum atomic E-state index is 12.7. The lowest BCUT2D eigenvalue weighted by molar-refractivity contribution is 0.0666. The fourth-order valence-electron chi connectivity index (χ4n) is 2.89. The summed E-state index contributed by atoms with van der Waals surface area (Å²) in [5.41, 5.74) is 7.73. The molecule has 2 unspecified atom stereocenters. The van der Waals surface area contributed by atoms with Gasteiger partial charge in [-0.3, -0.25) is 9.48 Å². The van der Waals surface area contributed by atoms with Crippen LogP contribution in [0.25, 0.3) is 0 Å². The summed E-state index contributed by atoms with van der Waals surface area (Å²) in [6, 6.07) is 0.624. The number of likely N-dealkylation sites (tertiary alicyclic amines) is 1. The third-order valence-electron chi connectivity index (χ3n) is 3.96. The van der Waals surface area contributed by atoms with Crippen LogP contribution < -0.4 is 5.73 Å². The van der Waals surface area contributed by atoms with E-state index >= 15 is 0 Å². The van der Waals surface area contributed by atoms with Crippen molar-refractivity contribution in [3.63, 3.8) is 0 Å². The molecular weight excluding hydrogens is 228 g/mol. The maximum Gasteiger partial charge on any atom is 0.274 e. The standard InChI is InChI=1S/C13H22N4O/c1-5-10-7-6-8(2)17(10)13(18)12-11(14)9(3)15-16(12)4/h8,10H,5-7,14H2,1-4H3. The summed E-state index contributed by atoms with van der Waals surface area (Å²) in [4.78, 5) is 14.6. The molecule has 0 aromatic carbocycles. The monoisotopic (exact) mass is 250 g/mol. The van der Waals surface area contributed by atoms with Crippen molar-refractivity contribution in [2.45, 2.75) is 52.1 Å². The first-order valence-electron chi connectivity index (χ1n) is 6.59. The average Bonchev–Trinajstić information content (AvgIpc) is 2.80. The number of carbonyl (C=O) groups is 1. The molecule has 1 fully saturated rings. The molecule has 2 rings (SSSR count). The van der Waals surface area contributed by atoms with Crippen LogP contribution in [0, 0.1) is 6.92 Å². The van der Waals surface area contributed by atoms with E-state index < -0.39 is 0 Å². The number of hydrogen-bond acceptors (Lipinski definition) is 3. The normalized spacial score (nSPS) is 23.7. The Morgan fingerprint density at radius 1 is 1.50 bits per heavy atom. The molecule has 5 heteroatoms. The second kappa shape index (κ2) is 4.63. The van der Waals surface area contributed by atoms with Crippen molar-refractivity contribution < 1.29 is 4.79 Å². The van der Waals surface area contributed by atoms with Gasteiger partial charge in [-0.15, -0.1) is 0 Å². The van der Waals surface area contributed by atoms with Gasteiger partial charge in [-0.25, -0.2) is 0 Å². The van der Waals surface area contributed by atoms with Crippen molar-refractivity contribution in [1.29, 1.82) is 0 Å². The summed E-state index contributed by atoms with van der Waals surface area (Å²) in [7, 11) is 1.78. The van der Waals surface area contributed by atoms with Gasteiger partial charge in [0.2, 0.25) is 0 Å². The summed E-state index contributed by atoms with van der Waals surface area (Å²) < 4.78 is 1.60. The minimum Gasteiger partial charge on any atom is -0.395 e. The zero-order valence-electron chi connectivity index (χ0n) is 11.6. The van der Waals surface area contributed by atoms with Crippen molar-refractivity contribution in [1.82, 2.24) is 14.7 Å². The van der Waals surface area contributed by atoms with Crippen LogP contribution in [-0.4, -0.2) is 32.7 Å². The molecule has 0 spiro atoms. The number of nitrogen functional groups attached to an aromatic ring is 1. The summed E-state index contributed by atoms with van der Waals surface area (Å²) in [6.45, 7) is 6.06. The van der Waals surface area contributed by atoms with Crippen LogP contribution in [0.5, 0.6) is 0 Å². The minimum atomic E-state index is 0.0208. The van der Waals surface area contributed by atoms with Crippen LogP contribution in [0.3, 0.4) is 0 Å². The van der Waals surface area contributed by atoms with Gasteiger partial charge in [0, 0.05) is 19.1 Å². The lowest BCUT2D eigenvalue weighted by Gasteiger charge is -2.28. The van der Waals surface area contributed by atoms with Crippen molar-refractivity contribution in [2.75, 3.05) is 5.73 Å². The summed E-state index contributed by atoms with van der Waals surface area (Å²) in [5, 5.41) is 4.22. The molecule has 1 aliphatic rings. The second-order valence-corrected chi connectivity index (χ2v) is 5.17. The van der Waals surface area contributed by atoms with E-state index in [-0.39, 0.29) is 11.9 Å². The molecule has 5 nitrogen and oxygen atoms in total. The molecule has 1 saturated heterocycles. The van der Waals surface area contributed by atoms with Crippen LogP contribution in [0.15, 0.2) is 0 Å². The molecule has 0 bridgehead atoms. The number of aryl methyl sites for hydroxylation is 2. The highest BCUT2D eigenvalue weighted by Gasteiger charge is 2.35. The van der Waals surface area contributed by atoms with E-state index in [1.807, 2.05) is 11.8 Å². The van der Waals surface area contributed by atoms with Crippen LogP contribution in [0.1, 0.15) is 49.3 Å². The molecule has 1 aromatic heterocycles. The largest absolute Gasteiger partial charge is 0.395 e. The fraction of sp³-hybridized carbons (Fsp3) is 0.692. The number of rotatable bonds is 2. The summed E-state index contributed by atoms with van der Waals surface area (Å²) in [6.07, 6.45) is 3.15. The Hall–Kier alpha value is -1.52. The van der Waals surface area contributed by atoms with E-state index in [0.717, 1.165) is 25.0 Å². The summed E-state index contributed by atoms with van der Waals surface area (Å²) in [5.74, 6) is 0.0208. The van der Waals surface area contributed by atoms with Gasteiger partial charge in [-0.2, -0.15) is 5.10 Å². The van der Waals surface area contributed by atoms with Gasteiger partial charge in [0.05, 0.1) is 11.4 Å².